The van der Waals surface area contributed by atoms with Crippen molar-refractivity contribution < 1.29 is 28.7 Å². The third-order valence-electron chi connectivity index (χ3n) is 1.64. The first-order valence-corrected chi connectivity index (χ1v) is 5.09. The minimum absolute atomic E-state index is 0. The third-order valence-corrected chi connectivity index (χ3v) is 2.37. The number of nitrogens with zero attached hydrogens (tertiary/aromatic N) is 1. The van der Waals surface area contributed by atoms with Crippen LogP contribution in [0.15, 0.2) is 29.4 Å². The number of aromatic amines is 1. The molecule has 0 saturated heterocycles. The van der Waals surface area contributed by atoms with Crippen molar-refractivity contribution in [1.82, 2.24) is 9.97 Å². The Bertz CT molecular complexity index is 521. The Morgan fingerprint density at radius 3 is 2.57 bits per heavy atom. The Hall–Kier alpha value is -0.803. The maximum Gasteiger partial charge on any atom is 1.00 e. The number of primary sulfonamides is 1. The molecule has 0 fully saturated rings. The van der Waals surface area contributed by atoms with Gasteiger partial charge in [0.1, 0.15) is 0 Å². The van der Waals surface area contributed by atoms with Crippen LogP contribution in [0.25, 0.3) is 11.0 Å². The van der Waals surface area contributed by atoms with E-state index in [0.717, 1.165) is 0 Å². The summed E-state index contributed by atoms with van der Waals surface area (Å²) >= 11 is 0. The molecule has 70 valence electrons. The van der Waals surface area contributed by atoms with Crippen LogP contribution in [0.2, 0.25) is 0 Å². The van der Waals surface area contributed by atoms with Crippen LogP contribution in [0.1, 0.15) is 1.43 Å². The third kappa shape index (κ3) is 1.99. The number of para-hydroxylation sites is 2. The Labute approximate surface area is 94.4 Å². The zero-order chi connectivity index (χ0) is 9.47. The Balaban J connectivity index is 0.000000980. The smallest absolute Gasteiger partial charge is 1.00 e. The number of hydrogen-bond donors (Lipinski definition) is 2. The molecule has 0 atom stereocenters. The molecule has 1 aromatic heterocycles. The molecule has 0 unspecified atom stereocenters. The quantitative estimate of drug-likeness (QED) is 0.497. The molecule has 1 heterocycles. The molecule has 0 aliphatic rings. The zero-order valence-electron chi connectivity index (χ0n) is 8.56. The number of benzene rings is 1. The molecule has 0 aliphatic carbocycles. The summed E-state index contributed by atoms with van der Waals surface area (Å²) in [7, 11) is -3.73. The first-order valence-electron chi connectivity index (χ1n) is 3.55. The summed E-state index contributed by atoms with van der Waals surface area (Å²) in [5.41, 5.74) is 1.25. The molecule has 1 aromatic carbocycles. The molecule has 3 N–H and O–H groups in total. The van der Waals surface area contributed by atoms with Gasteiger partial charge in [0.25, 0.3) is 10.0 Å². The van der Waals surface area contributed by atoms with Crippen molar-refractivity contribution in [3.05, 3.63) is 24.3 Å². The van der Waals surface area contributed by atoms with Crippen LogP contribution in [0.5, 0.6) is 0 Å². The number of nitrogens with one attached hydrogen (secondary N) is 1. The van der Waals surface area contributed by atoms with Crippen LogP contribution in [0.4, 0.5) is 0 Å². The molecular formula is C7H8LiN3O2S. The minimum atomic E-state index is -3.73. The van der Waals surface area contributed by atoms with Crippen LogP contribution >= 0.6 is 0 Å². The first kappa shape index (κ1) is 11.3. The molecule has 2 aromatic rings. The van der Waals surface area contributed by atoms with E-state index in [9.17, 15) is 8.42 Å². The second-order valence-corrected chi connectivity index (χ2v) is 4.08. The molecule has 0 radical (unpaired) electrons. The van der Waals surface area contributed by atoms with Crippen molar-refractivity contribution >= 4 is 21.1 Å². The van der Waals surface area contributed by atoms with Gasteiger partial charge in [-0.3, -0.25) is 0 Å². The van der Waals surface area contributed by atoms with Crippen molar-refractivity contribution in [2.24, 2.45) is 5.14 Å². The van der Waals surface area contributed by atoms with Gasteiger partial charge >= 0.3 is 18.9 Å². The van der Waals surface area contributed by atoms with Gasteiger partial charge in [0, 0.05) is 0 Å². The molecule has 5 nitrogen and oxygen atoms in total. The summed E-state index contributed by atoms with van der Waals surface area (Å²) in [6.07, 6.45) is 0. The molecule has 0 aliphatic heterocycles. The van der Waals surface area contributed by atoms with Gasteiger partial charge in [-0.1, -0.05) is 12.1 Å². The van der Waals surface area contributed by atoms with E-state index in [1.165, 1.54) is 0 Å². The molecule has 0 bridgehead atoms. The van der Waals surface area contributed by atoms with Crippen molar-refractivity contribution in [3.8, 4) is 0 Å². The average Bonchev–Trinajstić information content (AvgIpc) is 2.45. The number of hydrogen-bond acceptors (Lipinski definition) is 3. The average molecular weight is 205 g/mol. The summed E-state index contributed by atoms with van der Waals surface area (Å²) < 4.78 is 21.8. The van der Waals surface area contributed by atoms with Crippen molar-refractivity contribution in [2.45, 2.75) is 5.16 Å². The first-order chi connectivity index (χ1) is 6.07. The van der Waals surface area contributed by atoms with Crippen molar-refractivity contribution in [2.75, 3.05) is 0 Å². The Kier molecular flexibility index (Phi) is 3.02. The molecule has 2 rings (SSSR count). The Morgan fingerprint density at radius 1 is 1.36 bits per heavy atom. The number of rotatable bonds is 1. The second kappa shape index (κ2) is 3.75. The van der Waals surface area contributed by atoms with Crippen LogP contribution in [-0.4, -0.2) is 18.4 Å². The fourth-order valence-corrected chi connectivity index (χ4v) is 1.54. The topological polar surface area (TPSA) is 88.8 Å². The van der Waals surface area contributed by atoms with Gasteiger partial charge < -0.3 is 6.41 Å². The van der Waals surface area contributed by atoms with Crippen LogP contribution in [-0.2, 0) is 10.0 Å². The van der Waals surface area contributed by atoms with E-state index in [1.54, 1.807) is 24.3 Å². The molecule has 0 spiro atoms. The summed E-state index contributed by atoms with van der Waals surface area (Å²) in [6, 6.07) is 7.00. The number of aromatic nitrogens is 2. The van der Waals surface area contributed by atoms with Gasteiger partial charge in [-0.15, -0.1) is 0 Å². The van der Waals surface area contributed by atoms with E-state index >= 15 is 0 Å². The number of imidazole rings is 1. The number of sulfonamides is 1. The normalized spacial score (nSPS) is 11.2. The second-order valence-electron chi connectivity index (χ2n) is 2.60. The zero-order valence-corrected chi connectivity index (χ0v) is 8.38. The van der Waals surface area contributed by atoms with E-state index < -0.39 is 10.0 Å². The maximum absolute atomic E-state index is 10.9. The standard InChI is InChI=1S/C7H7N3O2S.Li.H/c8-13(11,12)7-9-5-3-1-2-4-6(5)10-7;;/h1-4H,(H,9,10)(H2,8,11,12);;/q;+1;-1. The fraction of sp³-hybridized carbons (Fsp3) is 0. The molecule has 14 heavy (non-hydrogen) atoms. The van der Waals surface area contributed by atoms with Crippen LogP contribution in [0, 0.1) is 0 Å². The number of nitrogens with two attached hydrogens (primary N) is 1. The SMILES string of the molecule is NS(=O)(=O)c1nc2ccccc2[nH]1.[H-].[Li+]. The fourth-order valence-electron chi connectivity index (χ4n) is 1.06. The Morgan fingerprint density at radius 2 is 2.00 bits per heavy atom. The summed E-state index contributed by atoms with van der Waals surface area (Å²) in [5.74, 6) is 0. The number of H-pyrrole nitrogens is 1. The van der Waals surface area contributed by atoms with Gasteiger partial charge in [-0.05, 0) is 12.1 Å². The molecule has 0 amide bonds. The monoisotopic (exact) mass is 205 g/mol. The van der Waals surface area contributed by atoms with Crippen molar-refractivity contribution in [3.63, 3.8) is 0 Å². The van der Waals surface area contributed by atoms with E-state index in [4.69, 9.17) is 5.14 Å². The maximum atomic E-state index is 10.9. The molecule has 7 heteroatoms. The van der Waals surface area contributed by atoms with E-state index in [-0.39, 0.29) is 25.4 Å². The largest absolute Gasteiger partial charge is 1.00 e. The summed E-state index contributed by atoms with van der Waals surface area (Å²) in [6.45, 7) is 0. The molecule has 0 saturated carbocycles. The van der Waals surface area contributed by atoms with Crippen molar-refractivity contribution in [1.29, 1.82) is 0 Å². The van der Waals surface area contributed by atoms with Gasteiger partial charge in [0.15, 0.2) is 0 Å². The van der Waals surface area contributed by atoms with E-state index in [0.29, 0.717) is 11.0 Å². The predicted molar refractivity (Wildman–Crippen MR) is 48.6 cm³/mol. The number of fused-ring (bicyclic) bond motifs is 1. The van der Waals surface area contributed by atoms with Gasteiger partial charge in [0.2, 0.25) is 5.16 Å². The summed E-state index contributed by atoms with van der Waals surface area (Å²) in [4.78, 5) is 6.43. The summed E-state index contributed by atoms with van der Waals surface area (Å²) in [5, 5.41) is 4.70. The van der Waals surface area contributed by atoms with Crippen LogP contribution in [0.3, 0.4) is 0 Å². The van der Waals surface area contributed by atoms with Gasteiger partial charge in [-0.2, -0.15) is 0 Å². The minimum Gasteiger partial charge on any atom is -1.00 e. The van der Waals surface area contributed by atoms with Gasteiger partial charge in [-0.25, -0.2) is 18.5 Å². The van der Waals surface area contributed by atoms with E-state index in [2.05, 4.69) is 9.97 Å². The van der Waals surface area contributed by atoms with Crippen LogP contribution < -0.4 is 24.0 Å². The van der Waals surface area contributed by atoms with E-state index in [1.807, 2.05) is 0 Å². The molecular weight excluding hydrogens is 197 g/mol. The van der Waals surface area contributed by atoms with Gasteiger partial charge in [0.05, 0.1) is 11.0 Å². The predicted octanol–water partition coefficient (Wildman–Crippen LogP) is -2.67.